The van der Waals surface area contributed by atoms with E-state index in [1.165, 1.54) is 11.3 Å². The van der Waals surface area contributed by atoms with Crippen molar-refractivity contribution in [3.05, 3.63) is 57.1 Å². The highest BCUT2D eigenvalue weighted by atomic mass is 32.1. The number of nitrogens with zero attached hydrogens (tertiary/aromatic N) is 1. The van der Waals surface area contributed by atoms with Crippen molar-refractivity contribution in [2.75, 3.05) is 6.54 Å². The lowest BCUT2D eigenvalue weighted by Crippen LogP contribution is -2.29. The number of para-hydroxylation sites is 2. The number of H-pyrrole nitrogens is 1. The van der Waals surface area contributed by atoms with Gasteiger partial charge in [0.25, 0.3) is 0 Å². The topological polar surface area (TPSA) is 84.0 Å². The van der Waals surface area contributed by atoms with Crippen LogP contribution in [-0.4, -0.2) is 27.8 Å². The van der Waals surface area contributed by atoms with Gasteiger partial charge in [-0.05, 0) is 30.0 Å². The van der Waals surface area contributed by atoms with Crippen molar-refractivity contribution in [3.63, 3.8) is 0 Å². The Hall–Kier alpha value is -2.67. The van der Waals surface area contributed by atoms with Crippen LogP contribution in [0.15, 0.2) is 46.6 Å². The molecule has 0 spiro atoms. The predicted molar refractivity (Wildman–Crippen MR) is 98.1 cm³/mol. The number of carbonyl (C=O) groups excluding carboxylic acids is 2. The highest BCUT2D eigenvalue weighted by molar-refractivity contribution is 7.12. The van der Waals surface area contributed by atoms with E-state index in [4.69, 9.17) is 0 Å². The lowest BCUT2D eigenvalue weighted by Gasteiger charge is -2.06. The SMILES string of the molecule is O=C(CCCC(=O)c1cccs1)NCCn1c(=O)[nH]c2ccccc21. The fourth-order valence-corrected chi connectivity index (χ4v) is 3.39. The van der Waals surface area contributed by atoms with Crippen molar-refractivity contribution in [2.24, 2.45) is 0 Å². The Morgan fingerprint density at radius 1 is 1.12 bits per heavy atom. The number of Topliss-reactive ketones (excluding diaryl/α,β-unsaturated/α-hetero) is 1. The Kier molecular flexibility index (Phi) is 5.45. The van der Waals surface area contributed by atoms with Crippen LogP contribution in [0.3, 0.4) is 0 Å². The van der Waals surface area contributed by atoms with Crippen LogP contribution in [0.1, 0.15) is 28.9 Å². The summed E-state index contributed by atoms with van der Waals surface area (Å²) in [5.41, 5.74) is 1.42. The number of rotatable bonds is 8. The molecular formula is C18H19N3O3S. The first-order valence-electron chi connectivity index (χ1n) is 8.16. The van der Waals surface area contributed by atoms with Gasteiger partial charge in [0.05, 0.1) is 15.9 Å². The van der Waals surface area contributed by atoms with Crippen molar-refractivity contribution >= 4 is 34.1 Å². The molecule has 130 valence electrons. The molecule has 2 heterocycles. The van der Waals surface area contributed by atoms with Crippen molar-refractivity contribution in [1.29, 1.82) is 0 Å². The molecule has 1 amide bonds. The molecule has 0 aliphatic carbocycles. The zero-order valence-electron chi connectivity index (χ0n) is 13.7. The summed E-state index contributed by atoms with van der Waals surface area (Å²) >= 11 is 1.42. The number of benzene rings is 1. The number of aromatic amines is 1. The molecule has 3 aromatic rings. The number of nitrogens with one attached hydrogen (secondary N) is 2. The number of ketones is 1. The van der Waals surface area contributed by atoms with E-state index in [-0.39, 0.29) is 17.4 Å². The van der Waals surface area contributed by atoms with Gasteiger partial charge in [-0.2, -0.15) is 0 Å². The number of thiophene rings is 1. The quantitative estimate of drug-likeness (QED) is 0.608. The van der Waals surface area contributed by atoms with E-state index in [2.05, 4.69) is 10.3 Å². The summed E-state index contributed by atoms with van der Waals surface area (Å²) in [4.78, 5) is 39.2. The van der Waals surface area contributed by atoms with E-state index in [1.54, 1.807) is 10.6 Å². The molecule has 0 bridgehead atoms. The van der Waals surface area contributed by atoms with Gasteiger partial charge in [0, 0.05) is 25.9 Å². The second kappa shape index (κ2) is 7.94. The average Bonchev–Trinajstić information content (AvgIpc) is 3.23. The molecule has 0 radical (unpaired) electrons. The molecule has 0 atom stereocenters. The van der Waals surface area contributed by atoms with Crippen LogP contribution in [0.2, 0.25) is 0 Å². The second-order valence-electron chi connectivity index (χ2n) is 5.70. The third-order valence-corrected chi connectivity index (χ3v) is 4.85. The van der Waals surface area contributed by atoms with E-state index in [0.717, 1.165) is 15.9 Å². The molecule has 2 N–H and O–H groups in total. The minimum absolute atomic E-state index is 0.0770. The highest BCUT2D eigenvalue weighted by Gasteiger charge is 2.09. The molecule has 2 aromatic heterocycles. The van der Waals surface area contributed by atoms with Crippen molar-refractivity contribution in [3.8, 4) is 0 Å². The molecule has 25 heavy (non-hydrogen) atoms. The first-order valence-corrected chi connectivity index (χ1v) is 9.04. The van der Waals surface area contributed by atoms with Gasteiger partial charge in [0.2, 0.25) is 5.91 Å². The highest BCUT2D eigenvalue weighted by Crippen LogP contribution is 2.13. The fraction of sp³-hybridized carbons (Fsp3) is 0.278. The summed E-state index contributed by atoms with van der Waals surface area (Å²) in [7, 11) is 0. The Morgan fingerprint density at radius 2 is 1.96 bits per heavy atom. The minimum Gasteiger partial charge on any atom is -0.354 e. The van der Waals surface area contributed by atoms with Crippen LogP contribution in [0.5, 0.6) is 0 Å². The van der Waals surface area contributed by atoms with Crippen molar-refractivity contribution in [2.45, 2.75) is 25.8 Å². The number of carbonyl (C=O) groups is 2. The second-order valence-corrected chi connectivity index (χ2v) is 6.65. The zero-order chi connectivity index (χ0) is 17.6. The Balaban J connectivity index is 1.42. The van der Waals surface area contributed by atoms with Crippen LogP contribution in [0.4, 0.5) is 0 Å². The molecule has 0 aliphatic rings. The summed E-state index contributed by atoms with van der Waals surface area (Å²) in [6.45, 7) is 0.780. The monoisotopic (exact) mass is 357 g/mol. The van der Waals surface area contributed by atoms with Crippen LogP contribution in [-0.2, 0) is 11.3 Å². The van der Waals surface area contributed by atoms with Gasteiger partial charge < -0.3 is 10.3 Å². The van der Waals surface area contributed by atoms with E-state index < -0.39 is 0 Å². The normalized spacial score (nSPS) is 10.9. The third-order valence-electron chi connectivity index (χ3n) is 3.94. The number of amides is 1. The first-order chi connectivity index (χ1) is 12.1. The van der Waals surface area contributed by atoms with E-state index in [9.17, 15) is 14.4 Å². The maximum atomic E-state index is 11.9. The maximum Gasteiger partial charge on any atom is 0.326 e. The third kappa shape index (κ3) is 4.24. The number of aromatic nitrogens is 2. The van der Waals surface area contributed by atoms with Gasteiger partial charge in [0.1, 0.15) is 0 Å². The standard InChI is InChI=1S/C18H19N3O3S/c22-15(16-8-4-12-25-16)7-3-9-17(23)19-10-11-21-14-6-2-1-5-13(14)20-18(21)24/h1-2,4-6,8,12H,3,7,9-11H2,(H,19,23)(H,20,24). The molecule has 0 aliphatic heterocycles. The molecule has 6 nitrogen and oxygen atoms in total. The molecule has 0 fully saturated rings. The number of hydrogen-bond donors (Lipinski definition) is 2. The van der Waals surface area contributed by atoms with Gasteiger partial charge in [-0.25, -0.2) is 4.79 Å². The van der Waals surface area contributed by atoms with E-state index in [1.807, 2.05) is 35.7 Å². The Labute approximate surface area is 148 Å². The Morgan fingerprint density at radius 3 is 2.76 bits per heavy atom. The van der Waals surface area contributed by atoms with Crippen molar-refractivity contribution in [1.82, 2.24) is 14.9 Å². The van der Waals surface area contributed by atoms with Crippen LogP contribution in [0, 0.1) is 0 Å². The van der Waals surface area contributed by atoms with Gasteiger partial charge in [-0.3, -0.25) is 14.2 Å². The van der Waals surface area contributed by atoms with Gasteiger partial charge in [-0.1, -0.05) is 18.2 Å². The van der Waals surface area contributed by atoms with Gasteiger partial charge in [0.15, 0.2) is 5.78 Å². The van der Waals surface area contributed by atoms with Gasteiger partial charge >= 0.3 is 5.69 Å². The minimum atomic E-state index is -0.183. The summed E-state index contributed by atoms with van der Waals surface area (Å²) in [5.74, 6) is -0.0278. The molecule has 3 rings (SSSR count). The zero-order valence-corrected chi connectivity index (χ0v) is 14.5. The summed E-state index contributed by atoms with van der Waals surface area (Å²) in [6, 6.07) is 11.1. The van der Waals surface area contributed by atoms with Crippen LogP contribution >= 0.6 is 11.3 Å². The van der Waals surface area contributed by atoms with E-state index in [0.29, 0.717) is 32.4 Å². The lowest BCUT2D eigenvalue weighted by molar-refractivity contribution is -0.121. The fourth-order valence-electron chi connectivity index (χ4n) is 2.69. The van der Waals surface area contributed by atoms with E-state index >= 15 is 0 Å². The Bertz CT molecular complexity index is 925. The van der Waals surface area contributed by atoms with Crippen molar-refractivity contribution < 1.29 is 9.59 Å². The summed E-state index contributed by atoms with van der Waals surface area (Å²) < 4.78 is 1.61. The van der Waals surface area contributed by atoms with Crippen LogP contribution in [0.25, 0.3) is 11.0 Å². The smallest absolute Gasteiger partial charge is 0.326 e. The number of fused-ring (bicyclic) bond motifs is 1. The first kappa shape index (κ1) is 17.2. The molecule has 0 saturated heterocycles. The van der Waals surface area contributed by atoms with Crippen LogP contribution < -0.4 is 11.0 Å². The predicted octanol–water partition coefficient (Wildman–Crippen LogP) is 2.56. The molecule has 7 heteroatoms. The summed E-state index contributed by atoms with van der Waals surface area (Å²) in [5, 5.41) is 4.67. The lowest BCUT2D eigenvalue weighted by atomic mass is 10.1. The molecular weight excluding hydrogens is 338 g/mol. The molecule has 0 unspecified atom stereocenters. The number of hydrogen-bond acceptors (Lipinski definition) is 4. The van der Waals surface area contributed by atoms with Gasteiger partial charge in [-0.15, -0.1) is 11.3 Å². The number of imidazole rings is 1. The molecule has 1 aromatic carbocycles. The largest absolute Gasteiger partial charge is 0.354 e. The average molecular weight is 357 g/mol. The molecule has 0 saturated carbocycles. The summed E-state index contributed by atoms with van der Waals surface area (Å²) in [6.07, 6.45) is 1.20. The maximum absolute atomic E-state index is 11.9.